The number of ether oxygens (including phenoxy) is 1. The van der Waals surface area contributed by atoms with Crippen molar-refractivity contribution in [2.75, 3.05) is 26.7 Å². The lowest BCUT2D eigenvalue weighted by atomic mass is 10.0. The number of hydrogen-bond acceptors (Lipinski definition) is 4. The molecule has 0 aliphatic carbocycles. The number of amides is 1. The zero-order chi connectivity index (χ0) is 15.4. The topological polar surface area (TPSA) is 54.5 Å². The molecule has 0 saturated carbocycles. The number of nitrogens with zero attached hydrogens (tertiary/aromatic N) is 2. The highest BCUT2D eigenvalue weighted by molar-refractivity contribution is 5.95. The summed E-state index contributed by atoms with van der Waals surface area (Å²) in [5, 5.41) is 3.35. The van der Waals surface area contributed by atoms with Gasteiger partial charge >= 0.3 is 0 Å². The first-order valence-electron chi connectivity index (χ1n) is 7.35. The van der Waals surface area contributed by atoms with E-state index in [1.807, 2.05) is 41.4 Å². The van der Waals surface area contributed by atoms with E-state index in [-0.39, 0.29) is 24.4 Å². The van der Waals surface area contributed by atoms with Gasteiger partial charge in [0.05, 0.1) is 13.2 Å². The Labute approximate surface area is 142 Å². The summed E-state index contributed by atoms with van der Waals surface area (Å²) in [6, 6.07) is 11.2. The average Bonchev–Trinajstić information content (AvgIpc) is 2.62. The van der Waals surface area contributed by atoms with Crippen LogP contribution in [-0.4, -0.2) is 42.5 Å². The highest BCUT2D eigenvalue weighted by Gasteiger charge is 2.28. The molecule has 23 heavy (non-hydrogen) atoms. The summed E-state index contributed by atoms with van der Waals surface area (Å²) >= 11 is 0. The zero-order valence-corrected chi connectivity index (χ0v) is 13.8. The SMILES string of the molecule is COc1cccc(C(=O)N2CCNCC2c2cccnc2)c1.Cl. The summed E-state index contributed by atoms with van der Waals surface area (Å²) in [4.78, 5) is 18.9. The first kappa shape index (κ1) is 17.2. The molecule has 1 N–H and O–H groups in total. The third-order valence-electron chi connectivity index (χ3n) is 3.89. The van der Waals surface area contributed by atoms with E-state index in [0.717, 1.165) is 18.7 Å². The number of halogens is 1. The summed E-state index contributed by atoms with van der Waals surface area (Å²) in [6.07, 6.45) is 3.57. The molecule has 3 rings (SSSR count). The fourth-order valence-corrected chi connectivity index (χ4v) is 2.74. The van der Waals surface area contributed by atoms with Crippen molar-refractivity contribution in [1.82, 2.24) is 15.2 Å². The molecule has 1 aromatic carbocycles. The van der Waals surface area contributed by atoms with Crippen molar-refractivity contribution in [2.45, 2.75) is 6.04 Å². The van der Waals surface area contributed by atoms with Crippen LogP contribution in [-0.2, 0) is 0 Å². The zero-order valence-electron chi connectivity index (χ0n) is 12.9. The van der Waals surface area contributed by atoms with Crippen LogP contribution in [0.1, 0.15) is 22.0 Å². The fraction of sp³-hybridized carbons (Fsp3) is 0.294. The third kappa shape index (κ3) is 3.81. The number of carbonyl (C=O) groups excluding carboxylic acids is 1. The maximum atomic E-state index is 12.9. The first-order chi connectivity index (χ1) is 10.8. The second kappa shape index (κ2) is 7.94. The normalized spacial score (nSPS) is 17.3. The molecule has 0 bridgehead atoms. The van der Waals surface area contributed by atoms with Crippen molar-refractivity contribution in [2.24, 2.45) is 0 Å². The highest BCUT2D eigenvalue weighted by atomic mass is 35.5. The Balaban J connectivity index is 0.00000192. The summed E-state index contributed by atoms with van der Waals surface area (Å²) in [7, 11) is 1.60. The molecule has 0 spiro atoms. The Morgan fingerprint density at radius 1 is 1.35 bits per heavy atom. The fourth-order valence-electron chi connectivity index (χ4n) is 2.74. The number of piperazine rings is 1. The minimum absolute atomic E-state index is 0. The highest BCUT2D eigenvalue weighted by Crippen LogP contribution is 2.24. The third-order valence-corrected chi connectivity index (χ3v) is 3.89. The molecule has 0 radical (unpaired) electrons. The summed E-state index contributed by atoms with van der Waals surface area (Å²) in [5.41, 5.74) is 1.70. The van der Waals surface area contributed by atoms with Gasteiger partial charge in [-0.2, -0.15) is 0 Å². The first-order valence-corrected chi connectivity index (χ1v) is 7.35. The summed E-state index contributed by atoms with van der Waals surface area (Å²) in [5.74, 6) is 0.716. The van der Waals surface area contributed by atoms with Crippen LogP contribution in [0, 0.1) is 0 Å². The molecule has 122 valence electrons. The Morgan fingerprint density at radius 3 is 2.96 bits per heavy atom. The van der Waals surface area contributed by atoms with Gasteiger partial charge in [-0.3, -0.25) is 9.78 Å². The molecule has 1 saturated heterocycles. The van der Waals surface area contributed by atoms with Gasteiger partial charge in [0.15, 0.2) is 0 Å². The molecule has 1 aliphatic rings. The minimum Gasteiger partial charge on any atom is -0.497 e. The average molecular weight is 334 g/mol. The molecule has 1 unspecified atom stereocenters. The predicted molar refractivity (Wildman–Crippen MR) is 91.1 cm³/mol. The smallest absolute Gasteiger partial charge is 0.254 e. The van der Waals surface area contributed by atoms with Crippen LogP contribution >= 0.6 is 12.4 Å². The molecular formula is C17H20ClN3O2. The lowest BCUT2D eigenvalue weighted by Crippen LogP contribution is -2.48. The number of methoxy groups -OCH3 is 1. The van der Waals surface area contributed by atoms with Gasteiger partial charge in [-0.05, 0) is 29.8 Å². The molecule has 1 atom stereocenters. The standard InChI is InChI=1S/C17H19N3O2.ClH/c1-22-15-6-2-4-13(10-15)17(21)20-9-8-19-12-16(20)14-5-3-7-18-11-14;/h2-7,10-11,16,19H,8-9,12H2,1H3;1H. The molecule has 6 heteroatoms. The van der Waals surface area contributed by atoms with Gasteiger partial charge in [-0.15, -0.1) is 12.4 Å². The van der Waals surface area contributed by atoms with Gasteiger partial charge in [0, 0.05) is 37.6 Å². The Morgan fingerprint density at radius 2 is 2.22 bits per heavy atom. The molecular weight excluding hydrogens is 314 g/mol. The lowest BCUT2D eigenvalue weighted by molar-refractivity contribution is 0.0633. The Bertz CT molecular complexity index is 651. The van der Waals surface area contributed by atoms with E-state index < -0.39 is 0 Å². The monoisotopic (exact) mass is 333 g/mol. The van der Waals surface area contributed by atoms with Gasteiger partial charge in [0.1, 0.15) is 5.75 Å². The number of pyridine rings is 1. The second-order valence-electron chi connectivity index (χ2n) is 5.24. The summed E-state index contributed by atoms with van der Waals surface area (Å²) < 4.78 is 5.21. The Hall–Kier alpha value is -2.11. The molecule has 2 aromatic rings. The number of benzene rings is 1. The largest absolute Gasteiger partial charge is 0.497 e. The predicted octanol–water partition coefficient (Wildman–Crippen LogP) is 2.30. The van der Waals surface area contributed by atoms with Gasteiger partial charge in [-0.25, -0.2) is 0 Å². The number of nitrogens with one attached hydrogen (secondary N) is 1. The number of carbonyl (C=O) groups is 1. The Kier molecular flexibility index (Phi) is 5.96. The number of rotatable bonds is 3. The van der Waals surface area contributed by atoms with Crippen molar-refractivity contribution in [3.8, 4) is 5.75 Å². The van der Waals surface area contributed by atoms with Crippen molar-refractivity contribution < 1.29 is 9.53 Å². The van der Waals surface area contributed by atoms with Gasteiger partial charge in [0.25, 0.3) is 5.91 Å². The van der Waals surface area contributed by atoms with Crippen molar-refractivity contribution in [3.63, 3.8) is 0 Å². The lowest BCUT2D eigenvalue weighted by Gasteiger charge is -2.36. The quantitative estimate of drug-likeness (QED) is 0.936. The van der Waals surface area contributed by atoms with Crippen molar-refractivity contribution in [3.05, 3.63) is 59.9 Å². The van der Waals surface area contributed by atoms with Crippen LogP contribution in [0.4, 0.5) is 0 Å². The van der Waals surface area contributed by atoms with Crippen LogP contribution in [0.2, 0.25) is 0 Å². The van der Waals surface area contributed by atoms with E-state index in [9.17, 15) is 4.79 Å². The van der Waals surface area contributed by atoms with Gasteiger partial charge in [0.2, 0.25) is 0 Å². The molecule has 2 heterocycles. The van der Waals surface area contributed by atoms with Crippen LogP contribution < -0.4 is 10.1 Å². The van der Waals surface area contributed by atoms with Crippen molar-refractivity contribution in [1.29, 1.82) is 0 Å². The minimum atomic E-state index is 0. The maximum Gasteiger partial charge on any atom is 0.254 e. The van der Waals surface area contributed by atoms with Crippen LogP contribution in [0.5, 0.6) is 5.75 Å². The van der Waals surface area contributed by atoms with Gasteiger partial charge < -0.3 is 15.0 Å². The molecule has 5 nitrogen and oxygen atoms in total. The number of hydrogen-bond donors (Lipinski definition) is 1. The van der Waals surface area contributed by atoms with E-state index in [1.54, 1.807) is 19.4 Å². The van der Waals surface area contributed by atoms with Crippen LogP contribution in [0.25, 0.3) is 0 Å². The van der Waals surface area contributed by atoms with E-state index in [1.165, 1.54) is 0 Å². The molecule has 1 aliphatic heterocycles. The van der Waals surface area contributed by atoms with E-state index in [0.29, 0.717) is 17.9 Å². The molecule has 1 amide bonds. The number of aromatic nitrogens is 1. The summed E-state index contributed by atoms with van der Waals surface area (Å²) in [6.45, 7) is 2.21. The van der Waals surface area contributed by atoms with E-state index in [4.69, 9.17) is 4.74 Å². The van der Waals surface area contributed by atoms with E-state index >= 15 is 0 Å². The van der Waals surface area contributed by atoms with Crippen LogP contribution in [0.15, 0.2) is 48.8 Å². The van der Waals surface area contributed by atoms with Gasteiger partial charge in [-0.1, -0.05) is 12.1 Å². The molecule has 1 fully saturated rings. The maximum absolute atomic E-state index is 12.9. The van der Waals surface area contributed by atoms with E-state index in [2.05, 4.69) is 10.3 Å². The molecule has 1 aromatic heterocycles. The van der Waals surface area contributed by atoms with Crippen molar-refractivity contribution >= 4 is 18.3 Å². The van der Waals surface area contributed by atoms with Crippen LogP contribution in [0.3, 0.4) is 0 Å². The second-order valence-corrected chi connectivity index (χ2v) is 5.24.